The monoisotopic (exact) mass is 276 g/mol. The molecule has 1 aromatic rings. The zero-order valence-corrected chi connectivity index (χ0v) is 11.6. The first-order valence-electron chi connectivity index (χ1n) is 6.41. The Kier molecular flexibility index (Phi) is 4.47. The smallest absolute Gasteiger partial charge is 0.227 e. The lowest BCUT2D eigenvalue weighted by atomic mass is 10.1. The number of benzene rings is 1. The topological polar surface area (TPSA) is 55.1 Å². The first-order chi connectivity index (χ1) is 9.11. The van der Waals surface area contributed by atoms with Crippen LogP contribution in [-0.2, 0) is 4.79 Å². The molecule has 0 aromatic heterocycles. The van der Waals surface area contributed by atoms with Crippen molar-refractivity contribution in [3.63, 3.8) is 0 Å². The van der Waals surface area contributed by atoms with Crippen molar-refractivity contribution in [3.05, 3.63) is 28.8 Å². The molecule has 0 heterocycles. The summed E-state index contributed by atoms with van der Waals surface area (Å²) in [5.41, 5.74) is 6.77. The quantitative estimate of drug-likeness (QED) is 0.834. The summed E-state index contributed by atoms with van der Waals surface area (Å²) in [5, 5.41) is 3.49. The van der Waals surface area contributed by atoms with E-state index in [9.17, 15) is 4.79 Å². The molecule has 0 radical (unpaired) electrons. The van der Waals surface area contributed by atoms with Crippen LogP contribution in [0.2, 0.25) is 5.02 Å². The number of anilines is 1. The van der Waals surface area contributed by atoms with Crippen molar-refractivity contribution in [1.82, 2.24) is 0 Å². The number of carbonyl (C=O) groups excluding carboxylic acids is 1. The number of amides is 1. The minimum Gasteiger partial charge on any atom is -0.325 e. The van der Waals surface area contributed by atoms with Crippen LogP contribution in [0.5, 0.6) is 0 Å². The standard InChI is InChI=1S/C15H17ClN2O/c1-10(11-4-5-11)15(19)18-14-9-13(16)7-6-12(14)3-2-8-17/h6-7,9-11H,4-5,8,17H2,1H3,(H,18,19). The zero-order chi connectivity index (χ0) is 13.8. The number of hydrogen-bond donors (Lipinski definition) is 2. The first kappa shape index (κ1) is 13.9. The zero-order valence-electron chi connectivity index (χ0n) is 10.9. The molecule has 1 aliphatic carbocycles. The Hall–Kier alpha value is -1.50. The largest absolute Gasteiger partial charge is 0.325 e. The number of nitrogens with one attached hydrogen (secondary N) is 1. The normalized spacial score (nSPS) is 15.3. The van der Waals surface area contributed by atoms with Crippen molar-refractivity contribution < 1.29 is 4.79 Å². The van der Waals surface area contributed by atoms with Gasteiger partial charge in [-0.05, 0) is 37.0 Å². The van der Waals surface area contributed by atoms with Crippen LogP contribution >= 0.6 is 11.6 Å². The summed E-state index contributed by atoms with van der Waals surface area (Å²) < 4.78 is 0. The van der Waals surface area contributed by atoms with Gasteiger partial charge in [0.1, 0.15) is 0 Å². The van der Waals surface area contributed by atoms with Gasteiger partial charge >= 0.3 is 0 Å². The van der Waals surface area contributed by atoms with E-state index in [1.54, 1.807) is 18.2 Å². The molecule has 0 spiro atoms. The summed E-state index contributed by atoms with van der Waals surface area (Å²) in [6.45, 7) is 2.25. The van der Waals surface area contributed by atoms with Crippen molar-refractivity contribution >= 4 is 23.2 Å². The van der Waals surface area contributed by atoms with Crippen molar-refractivity contribution in [1.29, 1.82) is 0 Å². The lowest BCUT2D eigenvalue weighted by Crippen LogP contribution is -2.22. The Morgan fingerprint density at radius 3 is 2.95 bits per heavy atom. The molecule has 4 heteroatoms. The van der Waals surface area contributed by atoms with Crippen LogP contribution in [0, 0.1) is 23.7 Å². The summed E-state index contributed by atoms with van der Waals surface area (Å²) in [6, 6.07) is 5.27. The Morgan fingerprint density at radius 1 is 1.58 bits per heavy atom. The lowest BCUT2D eigenvalue weighted by Gasteiger charge is -2.12. The SMILES string of the molecule is CC(C(=O)Nc1cc(Cl)ccc1C#CCN)C1CC1. The van der Waals surface area contributed by atoms with E-state index in [0.29, 0.717) is 16.6 Å². The maximum absolute atomic E-state index is 12.1. The summed E-state index contributed by atoms with van der Waals surface area (Å²) in [4.78, 5) is 12.1. The molecule has 19 heavy (non-hydrogen) atoms. The van der Waals surface area contributed by atoms with Gasteiger partial charge in [0.2, 0.25) is 5.91 Å². The average Bonchev–Trinajstić information content (AvgIpc) is 3.21. The Balaban J connectivity index is 2.17. The van der Waals surface area contributed by atoms with E-state index in [4.69, 9.17) is 17.3 Å². The van der Waals surface area contributed by atoms with Gasteiger partial charge in [-0.2, -0.15) is 0 Å². The molecular formula is C15H17ClN2O. The summed E-state index contributed by atoms with van der Waals surface area (Å²) in [7, 11) is 0. The third-order valence-electron chi connectivity index (χ3n) is 3.31. The highest BCUT2D eigenvalue weighted by Gasteiger charge is 2.32. The highest BCUT2D eigenvalue weighted by Crippen LogP contribution is 2.37. The minimum absolute atomic E-state index is 0.0283. The molecule has 1 aromatic carbocycles. The van der Waals surface area contributed by atoms with E-state index in [1.807, 2.05) is 6.92 Å². The van der Waals surface area contributed by atoms with Gasteiger partial charge in [0.25, 0.3) is 0 Å². The molecular weight excluding hydrogens is 260 g/mol. The molecule has 1 atom stereocenters. The Labute approximate surface area is 118 Å². The molecule has 1 amide bonds. The number of carbonyl (C=O) groups is 1. The maximum atomic E-state index is 12.1. The summed E-state index contributed by atoms with van der Waals surface area (Å²) >= 11 is 5.96. The van der Waals surface area contributed by atoms with Crippen LogP contribution in [0.1, 0.15) is 25.3 Å². The molecule has 1 aliphatic rings. The van der Waals surface area contributed by atoms with Gasteiger partial charge in [-0.3, -0.25) is 4.79 Å². The summed E-state index contributed by atoms with van der Waals surface area (Å²) in [6.07, 6.45) is 2.29. The fourth-order valence-corrected chi connectivity index (χ4v) is 2.10. The molecule has 1 saturated carbocycles. The lowest BCUT2D eigenvalue weighted by molar-refractivity contribution is -0.119. The van der Waals surface area contributed by atoms with E-state index < -0.39 is 0 Å². The summed E-state index contributed by atoms with van der Waals surface area (Å²) in [5.74, 6) is 6.32. The maximum Gasteiger partial charge on any atom is 0.227 e. The molecule has 0 aliphatic heterocycles. The van der Waals surface area contributed by atoms with Crippen molar-refractivity contribution in [2.24, 2.45) is 17.6 Å². The molecule has 1 unspecified atom stereocenters. The Bertz CT molecular complexity index is 541. The van der Waals surface area contributed by atoms with Gasteiger partial charge in [-0.1, -0.05) is 30.4 Å². The van der Waals surface area contributed by atoms with Crippen LogP contribution < -0.4 is 11.1 Å². The second-order valence-corrected chi connectivity index (χ2v) is 5.25. The van der Waals surface area contributed by atoms with E-state index >= 15 is 0 Å². The fraction of sp³-hybridized carbons (Fsp3) is 0.400. The van der Waals surface area contributed by atoms with Gasteiger partial charge in [0.15, 0.2) is 0 Å². The van der Waals surface area contributed by atoms with Gasteiger partial charge in [0.05, 0.1) is 12.2 Å². The molecule has 3 N–H and O–H groups in total. The molecule has 1 fully saturated rings. The van der Waals surface area contributed by atoms with Crippen LogP contribution in [-0.4, -0.2) is 12.5 Å². The van der Waals surface area contributed by atoms with Gasteiger partial charge in [-0.15, -0.1) is 0 Å². The average molecular weight is 277 g/mol. The molecule has 2 rings (SSSR count). The second kappa shape index (κ2) is 6.10. The van der Waals surface area contributed by atoms with Gasteiger partial charge < -0.3 is 11.1 Å². The predicted molar refractivity (Wildman–Crippen MR) is 77.9 cm³/mol. The van der Waals surface area contributed by atoms with Crippen LogP contribution in [0.15, 0.2) is 18.2 Å². The number of rotatable bonds is 3. The number of halogens is 1. The fourth-order valence-electron chi connectivity index (χ4n) is 1.93. The third kappa shape index (κ3) is 3.73. The third-order valence-corrected chi connectivity index (χ3v) is 3.54. The predicted octanol–water partition coefficient (Wildman–Crippen LogP) is 2.63. The van der Waals surface area contributed by atoms with Gasteiger partial charge in [-0.25, -0.2) is 0 Å². The van der Waals surface area contributed by atoms with Crippen LogP contribution in [0.25, 0.3) is 0 Å². The number of nitrogens with two attached hydrogens (primary N) is 1. The van der Waals surface area contributed by atoms with E-state index in [-0.39, 0.29) is 18.4 Å². The van der Waals surface area contributed by atoms with Crippen molar-refractivity contribution in [2.75, 3.05) is 11.9 Å². The molecule has 3 nitrogen and oxygen atoms in total. The minimum atomic E-state index is 0.0283. The highest BCUT2D eigenvalue weighted by atomic mass is 35.5. The molecule has 0 saturated heterocycles. The molecule has 100 valence electrons. The second-order valence-electron chi connectivity index (χ2n) is 4.81. The van der Waals surface area contributed by atoms with Crippen LogP contribution in [0.3, 0.4) is 0 Å². The highest BCUT2D eigenvalue weighted by molar-refractivity contribution is 6.31. The van der Waals surface area contributed by atoms with Gasteiger partial charge in [0, 0.05) is 16.5 Å². The first-order valence-corrected chi connectivity index (χ1v) is 6.79. The van der Waals surface area contributed by atoms with E-state index in [1.165, 1.54) is 0 Å². The molecule has 0 bridgehead atoms. The van der Waals surface area contributed by atoms with Crippen LogP contribution in [0.4, 0.5) is 5.69 Å². The number of hydrogen-bond acceptors (Lipinski definition) is 2. The Morgan fingerprint density at radius 2 is 2.32 bits per heavy atom. The van der Waals surface area contributed by atoms with Crippen molar-refractivity contribution in [2.45, 2.75) is 19.8 Å². The van der Waals surface area contributed by atoms with Crippen molar-refractivity contribution in [3.8, 4) is 11.8 Å². The van der Waals surface area contributed by atoms with E-state index in [0.717, 1.165) is 18.4 Å². The van der Waals surface area contributed by atoms with E-state index in [2.05, 4.69) is 17.2 Å².